The second-order valence-corrected chi connectivity index (χ2v) is 7.17. The van der Waals surface area contributed by atoms with Crippen LogP contribution < -0.4 is 0 Å². The van der Waals surface area contributed by atoms with Crippen LogP contribution in [0.25, 0.3) is 11.0 Å². The lowest BCUT2D eigenvalue weighted by molar-refractivity contribution is 0.226. The van der Waals surface area contributed by atoms with Crippen molar-refractivity contribution in [2.24, 2.45) is 0 Å². The van der Waals surface area contributed by atoms with E-state index >= 15 is 0 Å². The van der Waals surface area contributed by atoms with Crippen molar-refractivity contribution in [3.8, 4) is 0 Å². The van der Waals surface area contributed by atoms with Gasteiger partial charge in [0.2, 0.25) is 0 Å². The number of alkyl halides is 1. The Morgan fingerprint density at radius 2 is 2.10 bits per heavy atom. The quantitative estimate of drug-likeness (QED) is 0.756. The van der Waals surface area contributed by atoms with Crippen LogP contribution >= 0.6 is 23.2 Å². The van der Waals surface area contributed by atoms with Crippen molar-refractivity contribution in [1.29, 1.82) is 0 Å². The highest BCUT2D eigenvalue weighted by molar-refractivity contribution is 6.31. The predicted octanol–water partition coefficient (Wildman–Crippen LogP) is 4.47. The zero-order chi connectivity index (χ0) is 15.1. The molecule has 2 aromatic rings. The summed E-state index contributed by atoms with van der Waals surface area (Å²) in [5.74, 6) is 0.921. The smallest absolute Gasteiger partial charge is 0.127 e. The molecule has 2 atom stereocenters. The Kier molecular flexibility index (Phi) is 4.17. The summed E-state index contributed by atoms with van der Waals surface area (Å²) in [5, 5.41) is 0.621. The standard InChI is InChI=1S/C16H21Cl2N3/c1-10(20(3)13-5-6-13)9-21-15-8-12(18)4-7-14(15)19-16(21)11(2)17/h4,7-8,10-11,13H,5-6,9H2,1-3H3. The summed E-state index contributed by atoms with van der Waals surface area (Å²) in [6, 6.07) is 7.02. The molecule has 1 fully saturated rings. The zero-order valence-corrected chi connectivity index (χ0v) is 14.2. The minimum atomic E-state index is -0.116. The van der Waals surface area contributed by atoms with Crippen LogP contribution in [0.4, 0.5) is 0 Å². The fourth-order valence-electron chi connectivity index (χ4n) is 2.84. The second-order valence-electron chi connectivity index (χ2n) is 6.08. The number of fused-ring (bicyclic) bond motifs is 1. The molecular weight excluding hydrogens is 305 g/mol. The third-order valence-corrected chi connectivity index (χ3v) is 4.79. The molecule has 5 heteroatoms. The van der Waals surface area contributed by atoms with Gasteiger partial charge in [0.15, 0.2) is 0 Å². The SMILES string of the molecule is CC(Cl)c1nc2ccc(Cl)cc2n1CC(C)N(C)C1CC1. The van der Waals surface area contributed by atoms with Gasteiger partial charge in [-0.25, -0.2) is 4.98 Å². The lowest BCUT2D eigenvalue weighted by atomic mass is 10.2. The molecule has 3 rings (SSSR count). The first-order valence-corrected chi connectivity index (χ1v) is 8.30. The molecule has 21 heavy (non-hydrogen) atoms. The van der Waals surface area contributed by atoms with Gasteiger partial charge in [0.25, 0.3) is 0 Å². The molecule has 1 aromatic heterocycles. The molecule has 0 N–H and O–H groups in total. The highest BCUT2D eigenvalue weighted by atomic mass is 35.5. The van der Waals surface area contributed by atoms with E-state index in [-0.39, 0.29) is 5.38 Å². The topological polar surface area (TPSA) is 21.1 Å². The molecule has 1 heterocycles. The van der Waals surface area contributed by atoms with E-state index in [2.05, 4.69) is 28.4 Å². The monoisotopic (exact) mass is 325 g/mol. The number of rotatable bonds is 5. The van der Waals surface area contributed by atoms with Gasteiger partial charge in [0, 0.05) is 23.7 Å². The van der Waals surface area contributed by atoms with E-state index in [1.807, 2.05) is 25.1 Å². The summed E-state index contributed by atoms with van der Waals surface area (Å²) in [4.78, 5) is 7.14. The average Bonchev–Trinajstić information content (AvgIpc) is 3.22. The molecule has 0 bridgehead atoms. The van der Waals surface area contributed by atoms with Crippen molar-refractivity contribution in [2.75, 3.05) is 7.05 Å². The maximum absolute atomic E-state index is 6.33. The first-order chi connectivity index (χ1) is 9.97. The highest BCUT2D eigenvalue weighted by Crippen LogP contribution is 2.30. The molecule has 1 aliphatic rings. The summed E-state index contributed by atoms with van der Waals surface area (Å²) >= 11 is 12.5. The van der Waals surface area contributed by atoms with Crippen molar-refractivity contribution in [1.82, 2.24) is 14.5 Å². The van der Waals surface area contributed by atoms with E-state index < -0.39 is 0 Å². The lowest BCUT2D eigenvalue weighted by Crippen LogP contribution is -2.34. The molecule has 3 nitrogen and oxygen atoms in total. The maximum atomic E-state index is 6.33. The minimum Gasteiger partial charge on any atom is -0.325 e. The Morgan fingerprint density at radius 3 is 2.71 bits per heavy atom. The van der Waals surface area contributed by atoms with Gasteiger partial charge in [-0.05, 0) is 51.9 Å². The Balaban J connectivity index is 1.97. The molecule has 0 saturated heterocycles. The molecule has 1 saturated carbocycles. The Morgan fingerprint density at radius 1 is 1.38 bits per heavy atom. The molecule has 114 valence electrons. The van der Waals surface area contributed by atoms with E-state index in [4.69, 9.17) is 23.2 Å². The fraction of sp³-hybridized carbons (Fsp3) is 0.562. The summed E-state index contributed by atoms with van der Waals surface area (Å²) in [6.07, 6.45) is 2.63. The molecule has 0 spiro atoms. The minimum absolute atomic E-state index is 0.116. The number of benzene rings is 1. The van der Waals surface area contributed by atoms with Crippen LogP contribution in [-0.4, -0.2) is 33.6 Å². The molecule has 0 radical (unpaired) electrons. The number of aromatic nitrogens is 2. The third-order valence-electron chi connectivity index (χ3n) is 4.36. The van der Waals surface area contributed by atoms with Crippen LogP contribution in [0.1, 0.15) is 37.9 Å². The Labute approximate surface area is 135 Å². The van der Waals surface area contributed by atoms with Crippen molar-refractivity contribution < 1.29 is 0 Å². The number of halogens is 2. The first kappa shape index (κ1) is 15.1. The summed E-state index contributed by atoms with van der Waals surface area (Å²) in [5.41, 5.74) is 2.03. The van der Waals surface area contributed by atoms with E-state index in [1.54, 1.807) is 0 Å². The van der Waals surface area contributed by atoms with E-state index in [0.717, 1.165) is 34.5 Å². The van der Waals surface area contributed by atoms with E-state index in [9.17, 15) is 0 Å². The number of hydrogen-bond acceptors (Lipinski definition) is 2. The van der Waals surface area contributed by atoms with Gasteiger partial charge in [-0.15, -0.1) is 11.6 Å². The van der Waals surface area contributed by atoms with Gasteiger partial charge < -0.3 is 4.57 Å². The molecule has 0 aliphatic heterocycles. The summed E-state index contributed by atoms with van der Waals surface area (Å²) < 4.78 is 2.22. The van der Waals surface area contributed by atoms with Crippen LogP contribution in [0, 0.1) is 0 Å². The third kappa shape index (κ3) is 3.05. The maximum Gasteiger partial charge on any atom is 0.127 e. The Hall–Kier alpha value is -0.770. The van der Waals surface area contributed by atoms with Crippen molar-refractivity contribution in [2.45, 2.75) is 50.7 Å². The van der Waals surface area contributed by atoms with Crippen molar-refractivity contribution in [3.05, 3.63) is 29.0 Å². The largest absolute Gasteiger partial charge is 0.325 e. The van der Waals surface area contributed by atoms with E-state index in [1.165, 1.54) is 12.8 Å². The van der Waals surface area contributed by atoms with Gasteiger partial charge in [0.1, 0.15) is 5.82 Å². The van der Waals surface area contributed by atoms with Gasteiger partial charge in [-0.3, -0.25) is 4.90 Å². The molecule has 1 aromatic carbocycles. The highest BCUT2D eigenvalue weighted by Gasteiger charge is 2.30. The van der Waals surface area contributed by atoms with Gasteiger partial charge in [0.05, 0.1) is 16.4 Å². The summed E-state index contributed by atoms with van der Waals surface area (Å²) in [7, 11) is 2.21. The second kappa shape index (κ2) is 5.79. The van der Waals surface area contributed by atoms with E-state index in [0.29, 0.717) is 6.04 Å². The van der Waals surface area contributed by atoms with Crippen LogP contribution in [0.15, 0.2) is 18.2 Å². The van der Waals surface area contributed by atoms with Crippen LogP contribution in [0.5, 0.6) is 0 Å². The van der Waals surface area contributed by atoms with Gasteiger partial charge >= 0.3 is 0 Å². The normalized spacial score (nSPS) is 18.4. The molecule has 0 amide bonds. The number of hydrogen-bond donors (Lipinski definition) is 0. The van der Waals surface area contributed by atoms with Crippen LogP contribution in [0.2, 0.25) is 5.02 Å². The molecular formula is C16H21Cl2N3. The van der Waals surface area contributed by atoms with Gasteiger partial charge in [-0.2, -0.15) is 0 Å². The van der Waals surface area contributed by atoms with Crippen molar-refractivity contribution >= 4 is 34.2 Å². The Bertz CT molecular complexity index is 646. The van der Waals surface area contributed by atoms with Crippen LogP contribution in [0.3, 0.4) is 0 Å². The average molecular weight is 326 g/mol. The molecule has 1 aliphatic carbocycles. The van der Waals surface area contributed by atoms with Gasteiger partial charge in [-0.1, -0.05) is 11.6 Å². The number of imidazole rings is 1. The van der Waals surface area contributed by atoms with Crippen LogP contribution in [-0.2, 0) is 6.54 Å². The summed E-state index contributed by atoms with van der Waals surface area (Å²) in [6.45, 7) is 5.11. The lowest BCUT2D eigenvalue weighted by Gasteiger charge is -2.26. The molecule has 2 unspecified atom stereocenters. The fourth-order valence-corrected chi connectivity index (χ4v) is 3.18. The zero-order valence-electron chi connectivity index (χ0n) is 12.7. The number of likely N-dealkylation sites (N-methyl/N-ethyl adjacent to an activating group) is 1. The van der Waals surface area contributed by atoms with Crippen molar-refractivity contribution in [3.63, 3.8) is 0 Å². The predicted molar refractivity (Wildman–Crippen MR) is 89.3 cm³/mol. The number of nitrogens with zero attached hydrogens (tertiary/aromatic N) is 3. The first-order valence-electron chi connectivity index (χ1n) is 7.49.